The lowest BCUT2D eigenvalue weighted by atomic mass is 10.0. The van der Waals surface area contributed by atoms with Crippen molar-refractivity contribution >= 4 is 5.91 Å². The van der Waals surface area contributed by atoms with Gasteiger partial charge in [-0.15, -0.1) is 0 Å². The van der Waals surface area contributed by atoms with Gasteiger partial charge in [0.25, 0.3) is 5.91 Å². The molecule has 0 aliphatic carbocycles. The van der Waals surface area contributed by atoms with E-state index in [1.165, 1.54) is 0 Å². The van der Waals surface area contributed by atoms with Crippen molar-refractivity contribution in [2.45, 2.75) is 33.7 Å². The second kappa shape index (κ2) is 8.51. The van der Waals surface area contributed by atoms with Crippen LogP contribution in [0.4, 0.5) is 0 Å². The maximum absolute atomic E-state index is 13.2. The molecule has 1 unspecified atom stereocenters. The minimum absolute atomic E-state index is 0.0467. The first-order valence-corrected chi connectivity index (χ1v) is 10.1. The number of carbonyl (C=O) groups is 1. The van der Waals surface area contributed by atoms with Gasteiger partial charge in [-0.3, -0.25) is 9.78 Å². The quantitative estimate of drug-likeness (QED) is 0.509. The van der Waals surface area contributed by atoms with Gasteiger partial charge in [0.2, 0.25) is 11.7 Å². The smallest absolute Gasteiger partial charge is 0.253 e. The topological polar surface area (TPSA) is 98.7 Å². The number of aromatic nitrogens is 5. The van der Waals surface area contributed by atoms with Gasteiger partial charge < -0.3 is 14.4 Å². The van der Waals surface area contributed by atoms with E-state index in [-0.39, 0.29) is 11.8 Å². The second-order valence-corrected chi connectivity index (χ2v) is 7.70. The highest BCUT2D eigenvalue weighted by atomic mass is 16.5. The van der Waals surface area contributed by atoms with Crippen LogP contribution in [0.3, 0.4) is 0 Å². The number of rotatable bonds is 6. The predicted molar refractivity (Wildman–Crippen MR) is 116 cm³/mol. The third-order valence-electron chi connectivity index (χ3n) is 5.13. The van der Waals surface area contributed by atoms with Crippen LogP contribution < -0.4 is 5.32 Å². The van der Waals surface area contributed by atoms with Crippen molar-refractivity contribution in [3.63, 3.8) is 0 Å². The van der Waals surface area contributed by atoms with E-state index >= 15 is 0 Å². The summed E-state index contributed by atoms with van der Waals surface area (Å²) >= 11 is 0. The number of carbonyl (C=O) groups excluding carboxylic acids is 1. The Morgan fingerprint density at radius 1 is 1.13 bits per heavy atom. The average molecular weight is 416 g/mol. The van der Waals surface area contributed by atoms with Crippen LogP contribution >= 0.6 is 0 Å². The molecule has 1 amide bonds. The highest BCUT2D eigenvalue weighted by molar-refractivity contribution is 5.96. The Morgan fingerprint density at radius 3 is 2.65 bits per heavy atom. The van der Waals surface area contributed by atoms with E-state index < -0.39 is 6.04 Å². The normalized spacial score (nSPS) is 12.2. The summed E-state index contributed by atoms with van der Waals surface area (Å²) in [6, 6.07) is 10.8. The molecular formula is C23H24N6O2. The van der Waals surface area contributed by atoms with Crippen LogP contribution in [0.1, 0.15) is 47.5 Å². The fraction of sp³-hybridized carbons (Fsp3) is 0.261. The molecule has 8 nitrogen and oxygen atoms in total. The molecule has 4 rings (SSSR count). The number of aryl methyl sites for hydroxylation is 1. The first-order valence-electron chi connectivity index (χ1n) is 10.1. The molecule has 0 radical (unpaired) electrons. The molecule has 158 valence electrons. The predicted octanol–water partition coefficient (Wildman–Crippen LogP) is 4.06. The Bertz CT molecular complexity index is 1180. The summed E-state index contributed by atoms with van der Waals surface area (Å²) in [6.07, 6.45) is 5.09. The van der Waals surface area contributed by atoms with E-state index in [2.05, 4.69) is 25.4 Å². The third-order valence-corrected chi connectivity index (χ3v) is 5.13. The van der Waals surface area contributed by atoms with Crippen LogP contribution in [0.5, 0.6) is 0 Å². The van der Waals surface area contributed by atoms with Crippen molar-refractivity contribution in [2.75, 3.05) is 0 Å². The summed E-state index contributed by atoms with van der Waals surface area (Å²) in [4.78, 5) is 26.2. The Balaban J connectivity index is 1.60. The van der Waals surface area contributed by atoms with Gasteiger partial charge in [-0.1, -0.05) is 25.1 Å². The van der Waals surface area contributed by atoms with Crippen LogP contribution in [-0.4, -0.2) is 30.6 Å². The monoisotopic (exact) mass is 416 g/mol. The fourth-order valence-electron chi connectivity index (χ4n) is 3.54. The van der Waals surface area contributed by atoms with Gasteiger partial charge in [0, 0.05) is 35.5 Å². The number of pyridine rings is 2. The lowest BCUT2D eigenvalue weighted by Crippen LogP contribution is -2.32. The molecule has 4 aromatic heterocycles. The lowest BCUT2D eigenvalue weighted by molar-refractivity contribution is 0.0913. The van der Waals surface area contributed by atoms with E-state index in [1.54, 1.807) is 18.6 Å². The summed E-state index contributed by atoms with van der Waals surface area (Å²) in [5.74, 6) is 1.42. The van der Waals surface area contributed by atoms with Crippen molar-refractivity contribution < 1.29 is 9.32 Å². The van der Waals surface area contributed by atoms with Crippen LogP contribution in [-0.2, 0) is 0 Å². The molecule has 31 heavy (non-hydrogen) atoms. The zero-order chi connectivity index (χ0) is 22.0. The van der Waals surface area contributed by atoms with E-state index in [4.69, 9.17) is 4.52 Å². The van der Waals surface area contributed by atoms with Crippen LogP contribution in [0, 0.1) is 19.8 Å². The van der Waals surface area contributed by atoms with Crippen molar-refractivity contribution in [1.82, 2.24) is 30.0 Å². The number of hydrogen-bond acceptors (Lipinski definition) is 6. The Morgan fingerprint density at radius 2 is 1.97 bits per heavy atom. The number of nitrogens with zero attached hydrogens (tertiary/aromatic N) is 5. The van der Waals surface area contributed by atoms with Crippen molar-refractivity contribution in [1.29, 1.82) is 0 Å². The van der Waals surface area contributed by atoms with Gasteiger partial charge in [-0.05, 0) is 50.1 Å². The summed E-state index contributed by atoms with van der Waals surface area (Å²) in [5, 5.41) is 7.12. The number of nitrogens with one attached hydrogen (secondary N) is 1. The molecular weight excluding hydrogens is 392 g/mol. The maximum atomic E-state index is 13.2. The molecule has 4 aromatic rings. The van der Waals surface area contributed by atoms with E-state index in [0.717, 1.165) is 22.8 Å². The Labute approximate surface area is 180 Å². The van der Waals surface area contributed by atoms with Crippen molar-refractivity contribution in [3.8, 4) is 17.2 Å². The Kier molecular flexibility index (Phi) is 5.62. The largest absolute Gasteiger partial charge is 0.340 e. The highest BCUT2D eigenvalue weighted by Gasteiger charge is 2.27. The number of amides is 1. The maximum Gasteiger partial charge on any atom is 0.253 e. The highest BCUT2D eigenvalue weighted by Crippen LogP contribution is 2.25. The minimum Gasteiger partial charge on any atom is -0.340 e. The molecule has 0 saturated carbocycles. The zero-order valence-electron chi connectivity index (χ0n) is 17.9. The standard InChI is InChI=1S/C23H24N6O2/c1-14(2)20(23-27-21(28-31-23)17-8-7-10-24-13-17)26-22(30)18-12-15(3)29(16(18)4)19-9-5-6-11-25-19/h5-14,20H,1-4H3,(H,26,30). The molecule has 1 atom stereocenters. The molecule has 0 aromatic carbocycles. The van der Waals surface area contributed by atoms with Gasteiger partial charge in [0.15, 0.2) is 0 Å². The zero-order valence-corrected chi connectivity index (χ0v) is 17.9. The van der Waals surface area contributed by atoms with Crippen molar-refractivity contribution in [2.24, 2.45) is 5.92 Å². The molecule has 4 heterocycles. The average Bonchev–Trinajstić information content (AvgIpc) is 3.37. The van der Waals surface area contributed by atoms with E-state index in [1.807, 2.05) is 68.7 Å². The third kappa shape index (κ3) is 4.09. The number of hydrogen-bond donors (Lipinski definition) is 1. The first-order chi connectivity index (χ1) is 15.0. The SMILES string of the molecule is Cc1cc(C(=O)NC(c2nc(-c3cccnc3)no2)C(C)C)c(C)n1-c1ccccn1. The molecule has 0 saturated heterocycles. The Hall–Kier alpha value is -3.81. The summed E-state index contributed by atoms with van der Waals surface area (Å²) in [6.45, 7) is 7.86. The van der Waals surface area contributed by atoms with E-state index in [9.17, 15) is 4.79 Å². The van der Waals surface area contributed by atoms with Gasteiger partial charge in [-0.25, -0.2) is 4.98 Å². The van der Waals surface area contributed by atoms with Gasteiger partial charge in [0.1, 0.15) is 11.9 Å². The van der Waals surface area contributed by atoms with Crippen LogP contribution in [0.15, 0.2) is 59.5 Å². The van der Waals surface area contributed by atoms with Gasteiger partial charge >= 0.3 is 0 Å². The van der Waals surface area contributed by atoms with Crippen LogP contribution in [0.2, 0.25) is 0 Å². The molecule has 0 aliphatic rings. The lowest BCUT2D eigenvalue weighted by Gasteiger charge is -2.18. The van der Waals surface area contributed by atoms with Gasteiger partial charge in [0.05, 0.1) is 5.56 Å². The molecule has 0 bridgehead atoms. The van der Waals surface area contributed by atoms with Crippen LogP contribution in [0.25, 0.3) is 17.2 Å². The first kappa shape index (κ1) is 20.5. The minimum atomic E-state index is -0.427. The molecule has 1 N–H and O–H groups in total. The van der Waals surface area contributed by atoms with Gasteiger partial charge in [-0.2, -0.15) is 4.98 Å². The second-order valence-electron chi connectivity index (χ2n) is 7.70. The van der Waals surface area contributed by atoms with E-state index in [0.29, 0.717) is 17.3 Å². The summed E-state index contributed by atoms with van der Waals surface area (Å²) in [5.41, 5.74) is 3.09. The summed E-state index contributed by atoms with van der Waals surface area (Å²) in [7, 11) is 0. The summed E-state index contributed by atoms with van der Waals surface area (Å²) < 4.78 is 7.45. The molecule has 8 heteroatoms. The molecule has 0 spiro atoms. The molecule has 0 fully saturated rings. The fourth-order valence-corrected chi connectivity index (χ4v) is 3.54. The molecule has 0 aliphatic heterocycles. The van der Waals surface area contributed by atoms with Crippen molar-refractivity contribution in [3.05, 3.63) is 77.8 Å².